The second kappa shape index (κ2) is 6.00. The van der Waals surface area contributed by atoms with E-state index in [0.29, 0.717) is 13.0 Å². The maximum absolute atomic E-state index is 12.3. The van der Waals surface area contributed by atoms with Crippen molar-refractivity contribution < 1.29 is 19.1 Å². The highest BCUT2D eigenvalue weighted by Gasteiger charge is 2.34. The smallest absolute Gasteiger partial charge is 0.367 e. The van der Waals surface area contributed by atoms with Gasteiger partial charge in [0.05, 0.1) is 6.61 Å². The largest absolute Gasteiger partial charge is 0.461 e. The predicted octanol–water partition coefficient (Wildman–Crippen LogP) is 0.410. The third kappa shape index (κ3) is 2.79. The van der Waals surface area contributed by atoms with Crippen LogP contribution in [0.15, 0.2) is 5.38 Å². The van der Waals surface area contributed by atoms with Crippen molar-refractivity contribution in [2.75, 3.05) is 13.2 Å². The van der Waals surface area contributed by atoms with E-state index in [0.717, 1.165) is 17.8 Å². The lowest BCUT2D eigenvalue weighted by Gasteiger charge is -2.20. The van der Waals surface area contributed by atoms with Gasteiger partial charge < -0.3 is 15.4 Å². The van der Waals surface area contributed by atoms with Crippen LogP contribution in [0.4, 0.5) is 0 Å². The second-order valence-corrected chi connectivity index (χ2v) is 5.18. The zero-order chi connectivity index (χ0) is 14.7. The molecule has 0 aromatic carbocycles. The number of amides is 2. The number of hydrogen-bond acceptors (Lipinski definition) is 6. The average Bonchev–Trinajstić information content (AvgIpc) is 3.07. The van der Waals surface area contributed by atoms with Gasteiger partial charge in [0.1, 0.15) is 11.7 Å². The number of carbonyl (C=O) groups is 3. The molecule has 1 aliphatic rings. The molecular weight excluding hydrogens is 282 g/mol. The van der Waals surface area contributed by atoms with E-state index in [-0.39, 0.29) is 23.2 Å². The summed E-state index contributed by atoms with van der Waals surface area (Å²) in [5.74, 6) is -1.45. The average molecular weight is 297 g/mol. The van der Waals surface area contributed by atoms with E-state index in [1.54, 1.807) is 6.92 Å². The van der Waals surface area contributed by atoms with E-state index in [2.05, 4.69) is 4.98 Å². The van der Waals surface area contributed by atoms with Gasteiger partial charge in [0.15, 0.2) is 0 Å². The van der Waals surface area contributed by atoms with Crippen LogP contribution in [0, 0.1) is 0 Å². The molecule has 2 N–H and O–H groups in total. The fourth-order valence-corrected chi connectivity index (χ4v) is 2.79. The Morgan fingerprint density at radius 1 is 1.55 bits per heavy atom. The van der Waals surface area contributed by atoms with Gasteiger partial charge in [-0.1, -0.05) is 0 Å². The number of esters is 1. The SMILES string of the molecule is CCOC(=O)c1nc(C(=O)N2CCCC2C(N)=O)cs1. The van der Waals surface area contributed by atoms with Gasteiger partial charge in [-0.2, -0.15) is 0 Å². The maximum atomic E-state index is 12.3. The Kier molecular flexibility index (Phi) is 4.33. The normalized spacial score (nSPS) is 18.1. The molecule has 7 nitrogen and oxygen atoms in total. The number of likely N-dealkylation sites (tertiary alicyclic amines) is 1. The van der Waals surface area contributed by atoms with Gasteiger partial charge in [0, 0.05) is 11.9 Å². The zero-order valence-corrected chi connectivity index (χ0v) is 11.8. The van der Waals surface area contributed by atoms with Gasteiger partial charge in [0.2, 0.25) is 10.9 Å². The summed E-state index contributed by atoms with van der Waals surface area (Å²) in [5, 5.41) is 1.62. The number of primary amides is 1. The van der Waals surface area contributed by atoms with Crippen LogP contribution in [0.1, 0.15) is 40.1 Å². The van der Waals surface area contributed by atoms with E-state index >= 15 is 0 Å². The molecule has 1 atom stereocenters. The van der Waals surface area contributed by atoms with Gasteiger partial charge in [0.25, 0.3) is 5.91 Å². The van der Waals surface area contributed by atoms with Crippen molar-refractivity contribution >= 4 is 29.1 Å². The molecule has 0 saturated carbocycles. The highest BCUT2D eigenvalue weighted by atomic mass is 32.1. The summed E-state index contributed by atoms with van der Waals surface area (Å²) in [6, 6.07) is -0.588. The quantitative estimate of drug-likeness (QED) is 0.811. The highest BCUT2D eigenvalue weighted by Crippen LogP contribution is 2.21. The van der Waals surface area contributed by atoms with Crippen molar-refractivity contribution in [2.24, 2.45) is 5.73 Å². The minimum atomic E-state index is -0.588. The van der Waals surface area contributed by atoms with E-state index in [1.165, 1.54) is 10.3 Å². The number of nitrogens with zero attached hydrogens (tertiary/aromatic N) is 2. The molecule has 2 rings (SSSR count). The van der Waals surface area contributed by atoms with Crippen molar-refractivity contribution in [3.63, 3.8) is 0 Å². The number of aromatic nitrogens is 1. The number of ether oxygens (including phenoxy) is 1. The molecule has 0 radical (unpaired) electrons. The number of hydrogen-bond donors (Lipinski definition) is 1. The number of nitrogens with two attached hydrogens (primary N) is 1. The Morgan fingerprint density at radius 3 is 2.95 bits per heavy atom. The van der Waals surface area contributed by atoms with Crippen LogP contribution in [0.2, 0.25) is 0 Å². The summed E-state index contributed by atoms with van der Waals surface area (Å²) in [6.45, 7) is 2.41. The standard InChI is InChI=1S/C12H15N3O4S/c1-2-19-12(18)10-14-7(6-20-10)11(17)15-5-3-4-8(15)9(13)16/h6,8H,2-5H2,1H3,(H2,13,16). The van der Waals surface area contributed by atoms with Crippen molar-refractivity contribution in [3.05, 3.63) is 16.1 Å². The van der Waals surface area contributed by atoms with Crippen molar-refractivity contribution in [1.29, 1.82) is 0 Å². The second-order valence-electron chi connectivity index (χ2n) is 4.32. The Balaban J connectivity index is 2.13. The summed E-state index contributed by atoms with van der Waals surface area (Å²) in [6.07, 6.45) is 1.30. The Morgan fingerprint density at radius 2 is 2.30 bits per heavy atom. The molecule has 1 fully saturated rings. The first-order valence-electron chi connectivity index (χ1n) is 6.27. The third-order valence-electron chi connectivity index (χ3n) is 3.02. The number of thiazole rings is 1. The van der Waals surface area contributed by atoms with Crippen LogP contribution in [0.5, 0.6) is 0 Å². The number of rotatable bonds is 4. The van der Waals surface area contributed by atoms with Crippen molar-refractivity contribution in [3.8, 4) is 0 Å². The molecule has 1 aromatic rings. The molecule has 0 aliphatic carbocycles. The predicted molar refractivity (Wildman–Crippen MR) is 71.3 cm³/mol. The first-order valence-corrected chi connectivity index (χ1v) is 7.15. The summed E-state index contributed by atoms with van der Waals surface area (Å²) in [4.78, 5) is 40.4. The Hall–Kier alpha value is -1.96. The molecule has 108 valence electrons. The molecule has 1 aromatic heterocycles. The van der Waals surface area contributed by atoms with Crippen LogP contribution in [-0.4, -0.2) is 46.9 Å². The summed E-state index contributed by atoms with van der Waals surface area (Å²) in [7, 11) is 0. The Bertz CT molecular complexity index is 543. The summed E-state index contributed by atoms with van der Waals surface area (Å²) < 4.78 is 4.82. The minimum absolute atomic E-state index is 0.130. The van der Waals surface area contributed by atoms with Crippen molar-refractivity contribution in [1.82, 2.24) is 9.88 Å². The van der Waals surface area contributed by atoms with Crippen LogP contribution < -0.4 is 5.73 Å². The highest BCUT2D eigenvalue weighted by molar-refractivity contribution is 7.11. The minimum Gasteiger partial charge on any atom is -0.461 e. The van der Waals surface area contributed by atoms with E-state index in [4.69, 9.17) is 10.5 Å². The first kappa shape index (κ1) is 14.4. The molecule has 8 heteroatoms. The lowest BCUT2D eigenvalue weighted by Crippen LogP contribution is -2.43. The van der Waals surface area contributed by atoms with Crippen LogP contribution >= 0.6 is 11.3 Å². The summed E-state index contributed by atoms with van der Waals surface area (Å²) in [5.41, 5.74) is 5.42. The lowest BCUT2D eigenvalue weighted by molar-refractivity contribution is -0.121. The van der Waals surface area contributed by atoms with E-state index in [1.807, 2.05) is 0 Å². The topological polar surface area (TPSA) is 103 Å². The van der Waals surface area contributed by atoms with E-state index < -0.39 is 17.9 Å². The van der Waals surface area contributed by atoms with Gasteiger partial charge >= 0.3 is 5.97 Å². The summed E-state index contributed by atoms with van der Waals surface area (Å²) >= 11 is 1.05. The molecule has 1 aliphatic heterocycles. The van der Waals surface area contributed by atoms with Crippen LogP contribution in [-0.2, 0) is 9.53 Å². The monoisotopic (exact) mass is 297 g/mol. The fraction of sp³-hybridized carbons (Fsp3) is 0.500. The van der Waals surface area contributed by atoms with Gasteiger partial charge in [-0.25, -0.2) is 9.78 Å². The van der Waals surface area contributed by atoms with Crippen molar-refractivity contribution in [2.45, 2.75) is 25.8 Å². The molecule has 0 bridgehead atoms. The number of carbonyl (C=O) groups excluding carboxylic acids is 3. The zero-order valence-electron chi connectivity index (χ0n) is 11.0. The van der Waals surface area contributed by atoms with Crippen LogP contribution in [0.3, 0.4) is 0 Å². The Labute approximate surface area is 119 Å². The first-order chi connectivity index (χ1) is 9.54. The van der Waals surface area contributed by atoms with E-state index in [9.17, 15) is 14.4 Å². The van der Waals surface area contributed by atoms with Crippen LogP contribution in [0.25, 0.3) is 0 Å². The molecule has 2 heterocycles. The molecular formula is C12H15N3O4S. The molecule has 20 heavy (non-hydrogen) atoms. The lowest BCUT2D eigenvalue weighted by atomic mass is 10.2. The van der Waals surface area contributed by atoms with Gasteiger partial charge in [-0.3, -0.25) is 9.59 Å². The molecule has 2 amide bonds. The van der Waals surface area contributed by atoms with Gasteiger partial charge in [-0.05, 0) is 19.8 Å². The fourth-order valence-electron chi connectivity index (χ4n) is 2.11. The molecule has 1 unspecified atom stereocenters. The third-order valence-corrected chi connectivity index (χ3v) is 3.84. The van der Waals surface area contributed by atoms with Gasteiger partial charge in [-0.15, -0.1) is 11.3 Å². The maximum Gasteiger partial charge on any atom is 0.367 e. The molecule has 0 spiro atoms. The molecule has 1 saturated heterocycles.